The van der Waals surface area contributed by atoms with E-state index in [-0.39, 0.29) is 5.41 Å². The molecule has 0 bridgehead atoms. The van der Waals surface area contributed by atoms with Crippen LogP contribution in [0.5, 0.6) is 0 Å². The van der Waals surface area contributed by atoms with Crippen LogP contribution in [0.3, 0.4) is 0 Å². The molecule has 0 aromatic carbocycles. The van der Waals surface area contributed by atoms with Crippen LogP contribution in [-0.2, 0) is 11.8 Å². The largest absolute Gasteiger partial charge is 0.251 e. The van der Waals surface area contributed by atoms with Crippen molar-refractivity contribution in [1.29, 1.82) is 0 Å². The first kappa shape index (κ1) is 12.7. The van der Waals surface area contributed by atoms with Gasteiger partial charge in [-0.3, -0.25) is 10.1 Å². The fraction of sp³-hybridized carbons (Fsp3) is 0.500. The molecule has 3 heterocycles. The van der Waals surface area contributed by atoms with Gasteiger partial charge >= 0.3 is 0 Å². The summed E-state index contributed by atoms with van der Waals surface area (Å²) in [5.74, 6) is 2.02. The van der Waals surface area contributed by atoms with Crippen LogP contribution in [0.1, 0.15) is 42.2 Å². The summed E-state index contributed by atoms with van der Waals surface area (Å²) >= 11 is 4.62. The van der Waals surface area contributed by atoms with E-state index in [1.807, 2.05) is 11.3 Å². The molecule has 1 aliphatic rings. The third-order valence-electron chi connectivity index (χ3n) is 3.43. The Balaban J connectivity index is 2.33. The van der Waals surface area contributed by atoms with Crippen molar-refractivity contribution in [2.75, 3.05) is 0 Å². The SMILES string of the molecule is CCc1nc2n(n1)-c1c(sc(C)c1[S][Al])C2(C)C. The molecule has 0 aliphatic carbocycles. The van der Waals surface area contributed by atoms with Gasteiger partial charge in [0.05, 0.1) is 11.1 Å². The zero-order valence-corrected chi connectivity index (χ0v) is 13.7. The van der Waals surface area contributed by atoms with Crippen molar-refractivity contribution in [1.82, 2.24) is 14.8 Å². The maximum atomic E-state index is 4.70. The average Bonchev–Trinajstić information content (AvgIpc) is 2.93. The second kappa shape index (κ2) is 4.11. The van der Waals surface area contributed by atoms with E-state index >= 15 is 0 Å². The first-order valence-electron chi connectivity index (χ1n) is 5.98. The molecule has 3 rings (SSSR count). The maximum absolute atomic E-state index is 4.70. The monoisotopic (exact) mass is 291 g/mol. The summed E-state index contributed by atoms with van der Waals surface area (Å²) < 4.78 is 2.06. The van der Waals surface area contributed by atoms with Gasteiger partial charge in [0.15, 0.2) is 5.82 Å². The summed E-state index contributed by atoms with van der Waals surface area (Å²) in [4.78, 5) is 8.77. The van der Waals surface area contributed by atoms with Crippen molar-refractivity contribution in [3.63, 3.8) is 0 Å². The lowest BCUT2D eigenvalue weighted by molar-refractivity contribution is 0.620. The Labute approximate surface area is 122 Å². The van der Waals surface area contributed by atoms with Crippen LogP contribution >= 0.6 is 21.5 Å². The molecule has 0 atom stereocenters. The predicted molar refractivity (Wildman–Crippen MR) is 77.1 cm³/mol. The number of thiophene rings is 1. The molecular formula is C12H14AlN3S2. The van der Waals surface area contributed by atoms with E-state index in [2.05, 4.69) is 52.6 Å². The van der Waals surface area contributed by atoms with Crippen molar-refractivity contribution in [3.8, 4) is 5.69 Å². The van der Waals surface area contributed by atoms with Gasteiger partial charge in [-0.1, -0.05) is 6.92 Å². The zero-order chi connectivity index (χ0) is 13.1. The molecule has 18 heavy (non-hydrogen) atoms. The molecule has 2 aromatic heterocycles. The van der Waals surface area contributed by atoms with E-state index in [9.17, 15) is 0 Å². The molecule has 0 saturated carbocycles. The molecule has 0 unspecified atom stereocenters. The average molecular weight is 291 g/mol. The Morgan fingerprint density at radius 3 is 2.78 bits per heavy atom. The Morgan fingerprint density at radius 2 is 2.17 bits per heavy atom. The highest BCUT2D eigenvalue weighted by Crippen LogP contribution is 2.50. The van der Waals surface area contributed by atoms with Crippen LogP contribution in [0.15, 0.2) is 4.90 Å². The van der Waals surface area contributed by atoms with E-state index < -0.39 is 0 Å². The fourth-order valence-corrected chi connectivity index (χ4v) is 5.49. The second-order valence-electron chi connectivity index (χ2n) is 5.02. The highest BCUT2D eigenvalue weighted by molar-refractivity contribution is 8.19. The zero-order valence-electron chi connectivity index (χ0n) is 10.9. The van der Waals surface area contributed by atoms with Gasteiger partial charge in [0.25, 0.3) is 0 Å². The molecule has 0 spiro atoms. The third kappa shape index (κ3) is 1.50. The van der Waals surface area contributed by atoms with Crippen molar-refractivity contribution < 1.29 is 0 Å². The number of hydrogen-bond acceptors (Lipinski definition) is 4. The molecule has 0 saturated heterocycles. The molecule has 92 valence electrons. The fourth-order valence-electron chi connectivity index (χ4n) is 2.44. The van der Waals surface area contributed by atoms with E-state index in [4.69, 9.17) is 4.98 Å². The van der Waals surface area contributed by atoms with E-state index in [0.29, 0.717) is 0 Å². The first-order chi connectivity index (χ1) is 8.50. The van der Waals surface area contributed by atoms with E-state index in [1.165, 1.54) is 20.3 Å². The standard InChI is InChI=1S/C12H15N3S2.Al/c1-5-7-13-11-12(3,4)10-8(15(11)14-7)9(16)6(2)17-10;/h16H,5H2,1-4H3;/q;+1/p-1. The molecule has 1 aliphatic heterocycles. The van der Waals surface area contributed by atoms with E-state index in [0.717, 1.165) is 18.1 Å². The normalized spacial score (nSPS) is 15.8. The topological polar surface area (TPSA) is 30.7 Å². The predicted octanol–water partition coefficient (Wildman–Crippen LogP) is 3.01. The molecule has 3 nitrogen and oxygen atoms in total. The minimum absolute atomic E-state index is 0.0240. The van der Waals surface area contributed by atoms with Gasteiger partial charge in [-0.2, -0.15) is 5.10 Å². The van der Waals surface area contributed by atoms with Crippen LogP contribution in [0.2, 0.25) is 0 Å². The molecule has 0 N–H and O–H groups in total. The number of rotatable bonds is 2. The Morgan fingerprint density at radius 1 is 1.44 bits per heavy atom. The van der Waals surface area contributed by atoms with Crippen LogP contribution in [0.25, 0.3) is 5.69 Å². The smallest absolute Gasteiger partial charge is 0.241 e. The second-order valence-corrected chi connectivity index (χ2v) is 7.60. The summed E-state index contributed by atoms with van der Waals surface area (Å²) in [5, 5.41) is 4.66. The van der Waals surface area contributed by atoms with E-state index in [1.54, 1.807) is 10.1 Å². The quantitative estimate of drug-likeness (QED) is 0.797. The summed E-state index contributed by atoms with van der Waals surface area (Å²) in [6, 6.07) is 0. The lowest BCUT2D eigenvalue weighted by Crippen LogP contribution is -2.16. The number of nitrogens with zero attached hydrogens (tertiary/aromatic N) is 3. The first-order valence-corrected chi connectivity index (χ1v) is 9.09. The van der Waals surface area contributed by atoms with Crippen LogP contribution in [0.4, 0.5) is 0 Å². The maximum Gasteiger partial charge on any atom is 0.241 e. The third-order valence-corrected chi connectivity index (χ3v) is 6.42. The van der Waals surface area contributed by atoms with Gasteiger partial charge in [0.1, 0.15) is 5.82 Å². The van der Waals surface area contributed by atoms with Gasteiger partial charge in [0, 0.05) is 21.1 Å². The minimum Gasteiger partial charge on any atom is -0.251 e. The summed E-state index contributed by atoms with van der Waals surface area (Å²) in [6.07, 6.45) is 0.887. The number of fused-ring (bicyclic) bond motifs is 3. The highest BCUT2D eigenvalue weighted by Gasteiger charge is 2.42. The number of hydrogen-bond donors (Lipinski definition) is 0. The summed E-state index contributed by atoms with van der Waals surface area (Å²) in [6.45, 7) is 8.77. The number of aromatic nitrogens is 3. The lowest BCUT2D eigenvalue weighted by atomic mass is 9.92. The van der Waals surface area contributed by atoms with Gasteiger partial charge in [-0.15, -0.1) is 11.3 Å². The molecule has 0 amide bonds. The Bertz CT molecular complexity index is 628. The van der Waals surface area contributed by atoms with Crippen LogP contribution < -0.4 is 0 Å². The molecular weight excluding hydrogens is 277 g/mol. The van der Waals surface area contributed by atoms with Crippen molar-refractivity contribution >= 4 is 36.6 Å². The highest BCUT2D eigenvalue weighted by atomic mass is 32.3. The molecule has 2 aromatic rings. The molecule has 2 radical (unpaired) electrons. The summed E-state index contributed by atoms with van der Waals surface area (Å²) in [7, 11) is 1.73. The van der Waals surface area contributed by atoms with Gasteiger partial charge < -0.3 is 0 Å². The Hall–Kier alpha value is -0.278. The van der Waals surface area contributed by atoms with Crippen LogP contribution in [0, 0.1) is 6.92 Å². The number of aryl methyl sites for hydroxylation is 2. The lowest BCUT2D eigenvalue weighted by Gasteiger charge is -2.14. The van der Waals surface area contributed by atoms with Crippen molar-refractivity contribution in [2.24, 2.45) is 0 Å². The van der Waals surface area contributed by atoms with Gasteiger partial charge in [-0.05, 0) is 20.8 Å². The minimum atomic E-state index is -0.0240. The van der Waals surface area contributed by atoms with Crippen molar-refractivity contribution in [3.05, 3.63) is 21.4 Å². The molecule has 6 heteroatoms. The van der Waals surface area contributed by atoms with Crippen molar-refractivity contribution in [2.45, 2.75) is 44.4 Å². The Kier molecular flexibility index (Phi) is 2.91. The van der Waals surface area contributed by atoms with Gasteiger partial charge in [-0.25, -0.2) is 9.67 Å². The van der Waals surface area contributed by atoms with Gasteiger partial charge in [0.2, 0.25) is 15.2 Å². The molecule has 0 fully saturated rings. The van der Waals surface area contributed by atoms with Crippen LogP contribution in [-0.4, -0.2) is 29.9 Å². The summed E-state index contributed by atoms with van der Waals surface area (Å²) in [5.41, 5.74) is 1.23.